The highest BCUT2D eigenvalue weighted by Gasteiger charge is 2.20. The summed E-state index contributed by atoms with van der Waals surface area (Å²) < 4.78 is 14.1. The third-order valence-corrected chi connectivity index (χ3v) is 3.06. The summed E-state index contributed by atoms with van der Waals surface area (Å²) in [6, 6.07) is 5.16. The molecule has 1 aliphatic rings. The molecular weight excluding hydrogens is 287 g/mol. The van der Waals surface area contributed by atoms with E-state index in [4.69, 9.17) is 0 Å². The van der Waals surface area contributed by atoms with Gasteiger partial charge >= 0.3 is 0 Å². The first-order valence-electron chi connectivity index (χ1n) is 5.63. The summed E-state index contributed by atoms with van der Waals surface area (Å²) in [6.45, 7) is 0.647. The summed E-state index contributed by atoms with van der Waals surface area (Å²) in [6.07, 6.45) is 2.76. The molecule has 1 saturated carbocycles. The minimum absolute atomic E-state index is 0.167. The number of amides is 1. The van der Waals surface area contributed by atoms with Gasteiger partial charge in [-0.2, -0.15) is 0 Å². The lowest BCUT2D eigenvalue weighted by Gasteiger charge is -2.07. The highest BCUT2D eigenvalue weighted by molar-refractivity contribution is 9.10. The van der Waals surface area contributed by atoms with Crippen LogP contribution in [0, 0.1) is 5.82 Å². The number of hydrogen-bond donors (Lipinski definition) is 2. The van der Waals surface area contributed by atoms with Gasteiger partial charge in [-0.25, -0.2) is 4.39 Å². The zero-order valence-corrected chi connectivity index (χ0v) is 10.9. The van der Waals surface area contributed by atoms with Crippen LogP contribution in [-0.2, 0) is 4.79 Å². The van der Waals surface area contributed by atoms with Crippen LogP contribution in [0.1, 0.15) is 19.3 Å². The van der Waals surface area contributed by atoms with Crippen molar-refractivity contribution in [2.24, 2.45) is 0 Å². The van der Waals surface area contributed by atoms with Gasteiger partial charge in [-0.05, 0) is 31.0 Å². The van der Waals surface area contributed by atoms with Gasteiger partial charge in [-0.15, -0.1) is 0 Å². The Kier molecular flexibility index (Phi) is 4.12. The summed E-state index contributed by atoms with van der Waals surface area (Å²) in [5.74, 6) is -0.595. The molecule has 92 valence electrons. The number of benzene rings is 1. The summed E-state index contributed by atoms with van der Waals surface area (Å²) in [4.78, 5) is 11.5. The Balaban J connectivity index is 1.79. The van der Waals surface area contributed by atoms with Crippen molar-refractivity contribution in [2.45, 2.75) is 25.3 Å². The average molecular weight is 301 g/mol. The molecule has 3 nitrogen and oxygen atoms in total. The third kappa shape index (κ3) is 4.09. The molecule has 0 atom stereocenters. The smallest absolute Gasteiger partial charge is 0.225 e. The van der Waals surface area contributed by atoms with E-state index in [-0.39, 0.29) is 11.6 Å². The monoisotopic (exact) mass is 300 g/mol. The van der Waals surface area contributed by atoms with E-state index in [2.05, 4.69) is 26.6 Å². The second-order valence-electron chi connectivity index (χ2n) is 4.15. The maximum Gasteiger partial charge on any atom is 0.225 e. The zero-order chi connectivity index (χ0) is 12.3. The zero-order valence-electron chi connectivity index (χ0n) is 9.30. The Morgan fingerprint density at radius 2 is 2.24 bits per heavy atom. The van der Waals surface area contributed by atoms with Gasteiger partial charge in [-0.1, -0.05) is 15.9 Å². The molecule has 0 aromatic heterocycles. The fraction of sp³-hybridized carbons (Fsp3) is 0.417. The normalized spacial score (nSPS) is 14.7. The van der Waals surface area contributed by atoms with Gasteiger partial charge in [0.15, 0.2) is 0 Å². The number of nitrogens with one attached hydrogen (secondary N) is 2. The first-order valence-corrected chi connectivity index (χ1v) is 6.43. The summed E-state index contributed by atoms with van der Waals surface area (Å²) >= 11 is 3.16. The highest BCUT2D eigenvalue weighted by atomic mass is 79.9. The van der Waals surface area contributed by atoms with Gasteiger partial charge in [0.05, 0.1) is 5.69 Å². The van der Waals surface area contributed by atoms with E-state index >= 15 is 0 Å². The SMILES string of the molecule is O=C(CCNC1CC1)Nc1ccc(Br)cc1F. The molecule has 0 saturated heterocycles. The first kappa shape index (κ1) is 12.5. The van der Waals surface area contributed by atoms with Gasteiger partial charge in [-0.3, -0.25) is 4.79 Å². The van der Waals surface area contributed by atoms with Gasteiger partial charge < -0.3 is 10.6 Å². The van der Waals surface area contributed by atoms with Crippen LogP contribution < -0.4 is 10.6 Å². The topological polar surface area (TPSA) is 41.1 Å². The van der Waals surface area contributed by atoms with Crippen molar-refractivity contribution < 1.29 is 9.18 Å². The Morgan fingerprint density at radius 1 is 1.47 bits per heavy atom. The van der Waals surface area contributed by atoms with Crippen LogP contribution in [-0.4, -0.2) is 18.5 Å². The van der Waals surface area contributed by atoms with Crippen molar-refractivity contribution in [1.82, 2.24) is 5.32 Å². The van der Waals surface area contributed by atoms with E-state index in [1.165, 1.54) is 18.9 Å². The molecule has 1 amide bonds. The summed E-state index contributed by atoms with van der Waals surface area (Å²) in [5, 5.41) is 5.79. The minimum atomic E-state index is -0.428. The van der Waals surface area contributed by atoms with Crippen LogP contribution in [0.4, 0.5) is 10.1 Å². The Bertz CT molecular complexity index is 421. The first-order chi connectivity index (χ1) is 8.15. The number of carbonyl (C=O) groups is 1. The van der Waals surface area contributed by atoms with Gasteiger partial charge in [0.2, 0.25) is 5.91 Å². The van der Waals surface area contributed by atoms with E-state index in [1.807, 2.05) is 0 Å². The van der Waals surface area contributed by atoms with Crippen molar-refractivity contribution in [1.29, 1.82) is 0 Å². The molecule has 2 N–H and O–H groups in total. The third-order valence-electron chi connectivity index (χ3n) is 2.57. The standard InChI is InChI=1S/C12H14BrFN2O/c13-8-1-4-11(10(14)7-8)16-12(17)5-6-15-9-2-3-9/h1,4,7,9,15H,2-3,5-6H2,(H,16,17). The Labute approximate surface area is 108 Å². The van der Waals surface area contributed by atoms with Crippen molar-refractivity contribution in [3.8, 4) is 0 Å². The van der Waals surface area contributed by atoms with Crippen LogP contribution in [0.5, 0.6) is 0 Å². The number of anilines is 1. The lowest BCUT2D eigenvalue weighted by molar-refractivity contribution is -0.116. The predicted molar refractivity (Wildman–Crippen MR) is 68.4 cm³/mol. The minimum Gasteiger partial charge on any atom is -0.324 e. The number of carbonyl (C=O) groups excluding carboxylic acids is 1. The molecular formula is C12H14BrFN2O. The van der Waals surface area contributed by atoms with Crippen LogP contribution in [0.15, 0.2) is 22.7 Å². The molecule has 0 spiro atoms. The lowest BCUT2D eigenvalue weighted by Crippen LogP contribution is -2.23. The van der Waals surface area contributed by atoms with Crippen LogP contribution in [0.2, 0.25) is 0 Å². The van der Waals surface area contributed by atoms with E-state index in [0.717, 1.165) is 0 Å². The Morgan fingerprint density at radius 3 is 2.88 bits per heavy atom. The lowest BCUT2D eigenvalue weighted by atomic mass is 10.3. The quantitative estimate of drug-likeness (QED) is 0.878. The molecule has 2 rings (SSSR count). The molecule has 1 aliphatic carbocycles. The molecule has 0 unspecified atom stereocenters. The van der Waals surface area contributed by atoms with Crippen molar-refractivity contribution in [3.05, 3.63) is 28.5 Å². The molecule has 1 aromatic rings. The molecule has 17 heavy (non-hydrogen) atoms. The molecule has 1 fully saturated rings. The fourth-order valence-electron chi connectivity index (χ4n) is 1.48. The van der Waals surface area contributed by atoms with Crippen LogP contribution >= 0.6 is 15.9 Å². The van der Waals surface area contributed by atoms with Crippen molar-refractivity contribution in [2.75, 3.05) is 11.9 Å². The molecule has 0 bridgehead atoms. The second-order valence-corrected chi connectivity index (χ2v) is 5.07. The van der Waals surface area contributed by atoms with Crippen LogP contribution in [0.3, 0.4) is 0 Å². The summed E-state index contributed by atoms with van der Waals surface area (Å²) in [5.41, 5.74) is 0.227. The molecule has 0 aliphatic heterocycles. The molecule has 0 radical (unpaired) electrons. The Hall–Kier alpha value is -0.940. The van der Waals surface area contributed by atoms with Gasteiger partial charge in [0, 0.05) is 23.5 Å². The summed E-state index contributed by atoms with van der Waals surface area (Å²) in [7, 11) is 0. The van der Waals surface area contributed by atoms with Crippen molar-refractivity contribution in [3.63, 3.8) is 0 Å². The highest BCUT2D eigenvalue weighted by Crippen LogP contribution is 2.20. The van der Waals surface area contributed by atoms with E-state index in [1.54, 1.807) is 12.1 Å². The van der Waals surface area contributed by atoms with Crippen LogP contribution in [0.25, 0.3) is 0 Å². The number of hydrogen-bond acceptors (Lipinski definition) is 2. The molecule has 1 aromatic carbocycles. The maximum absolute atomic E-state index is 13.4. The molecule has 0 heterocycles. The number of rotatable bonds is 5. The molecule has 5 heteroatoms. The average Bonchev–Trinajstić information content (AvgIpc) is 3.06. The van der Waals surface area contributed by atoms with E-state index in [0.29, 0.717) is 23.5 Å². The van der Waals surface area contributed by atoms with Gasteiger partial charge in [0.1, 0.15) is 5.82 Å². The number of halogens is 2. The van der Waals surface area contributed by atoms with E-state index in [9.17, 15) is 9.18 Å². The maximum atomic E-state index is 13.4. The van der Waals surface area contributed by atoms with Crippen molar-refractivity contribution >= 4 is 27.5 Å². The predicted octanol–water partition coefficient (Wildman–Crippen LogP) is 2.67. The fourth-order valence-corrected chi connectivity index (χ4v) is 1.81. The van der Waals surface area contributed by atoms with Gasteiger partial charge in [0.25, 0.3) is 0 Å². The second kappa shape index (κ2) is 5.60. The van der Waals surface area contributed by atoms with E-state index < -0.39 is 5.82 Å². The largest absolute Gasteiger partial charge is 0.324 e.